The summed E-state index contributed by atoms with van der Waals surface area (Å²) in [5.74, 6) is 0.501. The molecule has 1 nitrogen and oxygen atoms in total. The third-order valence-corrected chi connectivity index (χ3v) is 3.10. The molecule has 94 valence electrons. The Kier molecular flexibility index (Phi) is 3.66. The Morgan fingerprint density at radius 3 is 2.33 bits per heavy atom. The predicted molar refractivity (Wildman–Crippen MR) is 71.4 cm³/mol. The third kappa shape index (κ3) is 2.89. The minimum atomic E-state index is -0.231. The molecule has 18 heavy (non-hydrogen) atoms. The highest BCUT2D eigenvalue weighted by Crippen LogP contribution is 2.20. The molecule has 0 N–H and O–H groups in total. The fourth-order valence-corrected chi connectivity index (χ4v) is 1.83. The molecule has 0 fully saturated rings. The first kappa shape index (κ1) is 12.6. The van der Waals surface area contributed by atoms with Crippen molar-refractivity contribution in [2.45, 2.75) is 27.4 Å². The van der Waals surface area contributed by atoms with E-state index in [0.717, 1.165) is 16.9 Å². The van der Waals surface area contributed by atoms with E-state index in [1.165, 1.54) is 23.3 Å². The highest BCUT2D eigenvalue weighted by Gasteiger charge is 2.02. The van der Waals surface area contributed by atoms with E-state index in [-0.39, 0.29) is 5.82 Å². The van der Waals surface area contributed by atoms with Crippen LogP contribution in [0.2, 0.25) is 0 Å². The summed E-state index contributed by atoms with van der Waals surface area (Å²) in [6, 6.07) is 10.8. The largest absolute Gasteiger partial charge is 0.489 e. The zero-order valence-corrected chi connectivity index (χ0v) is 11.0. The van der Waals surface area contributed by atoms with Crippen LogP contribution < -0.4 is 4.74 Å². The van der Waals surface area contributed by atoms with E-state index in [4.69, 9.17) is 4.74 Å². The fraction of sp³-hybridized carbons (Fsp3) is 0.250. The SMILES string of the molecule is Cc1ccc(COc2ccc(F)cc2C)cc1C. The molecule has 2 heteroatoms. The van der Waals surface area contributed by atoms with Crippen LogP contribution in [0.5, 0.6) is 5.75 Å². The molecule has 0 saturated carbocycles. The quantitative estimate of drug-likeness (QED) is 0.780. The zero-order valence-electron chi connectivity index (χ0n) is 11.0. The van der Waals surface area contributed by atoms with Gasteiger partial charge in [0.15, 0.2) is 0 Å². The number of hydrogen-bond acceptors (Lipinski definition) is 1. The highest BCUT2D eigenvalue weighted by atomic mass is 19.1. The van der Waals surface area contributed by atoms with Gasteiger partial charge < -0.3 is 4.74 Å². The number of benzene rings is 2. The van der Waals surface area contributed by atoms with Crippen molar-refractivity contribution in [1.82, 2.24) is 0 Å². The molecule has 0 unspecified atom stereocenters. The average molecular weight is 244 g/mol. The Hall–Kier alpha value is -1.83. The Labute approximate surface area is 107 Å². The summed E-state index contributed by atoms with van der Waals surface area (Å²) >= 11 is 0. The lowest BCUT2D eigenvalue weighted by Crippen LogP contribution is -1.98. The average Bonchev–Trinajstić information content (AvgIpc) is 2.32. The van der Waals surface area contributed by atoms with Crippen LogP contribution in [0, 0.1) is 26.6 Å². The van der Waals surface area contributed by atoms with Crippen molar-refractivity contribution in [1.29, 1.82) is 0 Å². The second-order valence-electron chi connectivity index (χ2n) is 4.62. The smallest absolute Gasteiger partial charge is 0.123 e. The second-order valence-corrected chi connectivity index (χ2v) is 4.62. The van der Waals surface area contributed by atoms with E-state index in [0.29, 0.717) is 6.61 Å². The van der Waals surface area contributed by atoms with Gasteiger partial charge in [-0.25, -0.2) is 4.39 Å². The number of rotatable bonds is 3. The lowest BCUT2D eigenvalue weighted by molar-refractivity contribution is 0.303. The summed E-state index contributed by atoms with van der Waals surface area (Å²) < 4.78 is 18.7. The van der Waals surface area contributed by atoms with Crippen molar-refractivity contribution in [2.24, 2.45) is 0 Å². The number of aryl methyl sites for hydroxylation is 3. The van der Waals surface area contributed by atoms with Gasteiger partial charge in [0.1, 0.15) is 18.2 Å². The fourth-order valence-electron chi connectivity index (χ4n) is 1.83. The normalized spacial score (nSPS) is 10.4. The topological polar surface area (TPSA) is 9.23 Å². The van der Waals surface area contributed by atoms with Gasteiger partial charge in [0.2, 0.25) is 0 Å². The second kappa shape index (κ2) is 5.21. The monoisotopic (exact) mass is 244 g/mol. The molecule has 0 amide bonds. The van der Waals surface area contributed by atoms with Crippen LogP contribution in [0.25, 0.3) is 0 Å². The zero-order chi connectivity index (χ0) is 13.1. The molecule has 0 spiro atoms. The molecule has 0 bridgehead atoms. The van der Waals surface area contributed by atoms with Gasteiger partial charge in [0, 0.05) is 0 Å². The maximum absolute atomic E-state index is 13.0. The van der Waals surface area contributed by atoms with E-state index in [1.54, 1.807) is 6.07 Å². The van der Waals surface area contributed by atoms with E-state index in [9.17, 15) is 4.39 Å². The van der Waals surface area contributed by atoms with Crippen LogP contribution >= 0.6 is 0 Å². The summed E-state index contributed by atoms with van der Waals surface area (Å²) in [4.78, 5) is 0. The van der Waals surface area contributed by atoms with Crippen LogP contribution in [0.4, 0.5) is 4.39 Å². The van der Waals surface area contributed by atoms with Crippen molar-refractivity contribution in [3.63, 3.8) is 0 Å². The molecule has 2 aromatic carbocycles. The number of halogens is 1. The van der Waals surface area contributed by atoms with Gasteiger partial charge in [0.05, 0.1) is 0 Å². The first-order valence-electron chi connectivity index (χ1n) is 6.01. The van der Waals surface area contributed by atoms with Crippen LogP contribution in [0.15, 0.2) is 36.4 Å². The van der Waals surface area contributed by atoms with Crippen molar-refractivity contribution in [2.75, 3.05) is 0 Å². The predicted octanol–water partition coefficient (Wildman–Crippen LogP) is 4.33. The van der Waals surface area contributed by atoms with Crippen LogP contribution in [0.3, 0.4) is 0 Å². The van der Waals surface area contributed by atoms with Gasteiger partial charge in [-0.3, -0.25) is 0 Å². The molecule has 2 rings (SSSR count). The molecule has 0 aliphatic carbocycles. The van der Waals surface area contributed by atoms with E-state index >= 15 is 0 Å². The molecule has 0 radical (unpaired) electrons. The van der Waals surface area contributed by atoms with E-state index in [1.807, 2.05) is 6.92 Å². The Morgan fingerprint density at radius 1 is 0.889 bits per heavy atom. The summed E-state index contributed by atoms with van der Waals surface area (Å²) in [6.07, 6.45) is 0. The van der Waals surface area contributed by atoms with Gasteiger partial charge in [-0.05, 0) is 61.2 Å². The van der Waals surface area contributed by atoms with E-state index in [2.05, 4.69) is 32.0 Å². The van der Waals surface area contributed by atoms with Crippen LogP contribution in [0.1, 0.15) is 22.3 Å². The summed E-state index contributed by atoms with van der Waals surface area (Å²) in [5.41, 5.74) is 4.48. The maximum atomic E-state index is 13.0. The number of ether oxygens (including phenoxy) is 1. The van der Waals surface area contributed by atoms with Crippen LogP contribution in [-0.2, 0) is 6.61 Å². The van der Waals surface area contributed by atoms with Crippen molar-refractivity contribution in [3.8, 4) is 5.75 Å². The molecular formula is C16H17FO. The summed E-state index contributed by atoms with van der Waals surface area (Å²) in [5, 5.41) is 0. The van der Waals surface area contributed by atoms with Gasteiger partial charge in [-0.1, -0.05) is 18.2 Å². The first-order valence-corrected chi connectivity index (χ1v) is 6.01. The van der Waals surface area contributed by atoms with E-state index < -0.39 is 0 Å². The standard InChI is InChI=1S/C16H17FO/c1-11-4-5-14(8-12(11)2)10-18-16-7-6-15(17)9-13(16)3/h4-9H,10H2,1-3H3. The number of hydrogen-bond donors (Lipinski definition) is 0. The van der Waals surface area contributed by atoms with Gasteiger partial charge in [-0.15, -0.1) is 0 Å². The molecule has 0 heterocycles. The third-order valence-electron chi connectivity index (χ3n) is 3.10. The maximum Gasteiger partial charge on any atom is 0.123 e. The summed E-state index contributed by atoms with van der Waals surface area (Å²) in [6.45, 7) is 6.53. The Balaban J connectivity index is 2.09. The van der Waals surface area contributed by atoms with Crippen molar-refractivity contribution in [3.05, 3.63) is 64.5 Å². The minimum absolute atomic E-state index is 0.231. The first-order chi connectivity index (χ1) is 8.56. The highest BCUT2D eigenvalue weighted by molar-refractivity contribution is 5.34. The minimum Gasteiger partial charge on any atom is -0.489 e. The Bertz CT molecular complexity index is 561. The Morgan fingerprint density at radius 2 is 1.67 bits per heavy atom. The van der Waals surface area contributed by atoms with Gasteiger partial charge >= 0.3 is 0 Å². The molecular weight excluding hydrogens is 227 g/mol. The lowest BCUT2D eigenvalue weighted by atomic mass is 10.1. The van der Waals surface area contributed by atoms with Crippen LogP contribution in [-0.4, -0.2) is 0 Å². The van der Waals surface area contributed by atoms with Crippen molar-refractivity contribution >= 4 is 0 Å². The summed E-state index contributed by atoms with van der Waals surface area (Å²) in [7, 11) is 0. The lowest BCUT2D eigenvalue weighted by Gasteiger charge is -2.10. The molecule has 0 saturated heterocycles. The molecule has 0 aliphatic heterocycles. The van der Waals surface area contributed by atoms with Gasteiger partial charge in [-0.2, -0.15) is 0 Å². The molecule has 2 aromatic rings. The molecule has 0 aromatic heterocycles. The molecule has 0 aliphatic rings. The van der Waals surface area contributed by atoms with Crippen molar-refractivity contribution < 1.29 is 9.13 Å². The molecule has 0 atom stereocenters. The van der Waals surface area contributed by atoms with Gasteiger partial charge in [0.25, 0.3) is 0 Å².